The molecule has 0 aliphatic carbocycles. The zero-order chi connectivity index (χ0) is 30.5. The molecule has 0 atom stereocenters. The molecule has 248 valence electrons. The topological polar surface area (TPSA) is 99.5 Å². The third kappa shape index (κ3) is 41.5. The lowest BCUT2D eigenvalue weighted by Gasteiger charge is -2.20. The fraction of sp³-hybridized carbons (Fsp3) is 0.971. The van der Waals surface area contributed by atoms with Crippen molar-refractivity contribution in [2.45, 2.75) is 181 Å². The first kappa shape index (κ1) is 42.4. The van der Waals surface area contributed by atoms with Crippen molar-refractivity contribution >= 4 is 5.97 Å². The molecule has 0 aliphatic rings. The van der Waals surface area contributed by atoms with Crippen molar-refractivity contribution in [3.8, 4) is 0 Å². The first-order valence-electron chi connectivity index (χ1n) is 17.6. The zero-order valence-electron chi connectivity index (χ0n) is 27.4. The number of carbonyl (C=O) groups is 1. The lowest BCUT2D eigenvalue weighted by atomic mass is 10.0. The average Bonchev–Trinajstić information content (AvgIpc) is 2.97. The Morgan fingerprint density at radius 2 is 0.780 bits per heavy atom. The number of aliphatic hydroxyl groups excluding tert-OH is 2. The number of carboxylic acid groups (broad SMARTS) is 1. The molecule has 7 heteroatoms. The van der Waals surface area contributed by atoms with Crippen molar-refractivity contribution < 1.29 is 29.8 Å². The minimum Gasteiger partial charge on any atom is -0.481 e. The summed E-state index contributed by atoms with van der Waals surface area (Å²) in [5, 5.41) is 27.4. The Labute approximate surface area is 254 Å². The minimum absolute atomic E-state index is 0.0303. The van der Waals surface area contributed by atoms with Crippen molar-refractivity contribution in [2.24, 2.45) is 0 Å². The van der Waals surface area contributed by atoms with Crippen LogP contribution >= 0.6 is 0 Å². The number of nitrogens with zero attached hydrogens (tertiary/aromatic N) is 1. The number of rotatable bonds is 33. The number of aliphatic hydroxyl groups is 2. The first-order valence-corrected chi connectivity index (χ1v) is 17.6. The zero-order valence-corrected chi connectivity index (χ0v) is 27.4. The molecule has 0 fully saturated rings. The van der Waals surface area contributed by atoms with Crippen LogP contribution in [0, 0.1) is 0 Å². The molecule has 0 bridgehead atoms. The van der Waals surface area contributed by atoms with E-state index in [-0.39, 0.29) is 26.4 Å². The number of hydroxylamine groups is 2. The lowest BCUT2D eigenvalue weighted by Crippen LogP contribution is -2.28. The van der Waals surface area contributed by atoms with Crippen LogP contribution in [0.15, 0.2) is 0 Å². The highest BCUT2D eigenvalue weighted by atomic mass is 16.9. The third-order valence-electron chi connectivity index (χ3n) is 7.34. The Morgan fingerprint density at radius 3 is 1.07 bits per heavy atom. The number of unbranched alkanes of at least 4 members (excludes halogenated alkanes) is 23. The Bertz CT molecular complexity index is 472. The van der Waals surface area contributed by atoms with Crippen LogP contribution in [-0.2, 0) is 14.5 Å². The SMILES string of the molecule is CCCCCCCCCCCCCCCC(=O)O.CCCCCCCCCCCCCCN(OCCO)OCCO. The van der Waals surface area contributed by atoms with Gasteiger partial charge in [-0.3, -0.25) is 14.5 Å². The Morgan fingerprint density at radius 1 is 0.488 bits per heavy atom. The molecule has 0 rings (SSSR count). The molecule has 0 aromatic heterocycles. The highest BCUT2D eigenvalue weighted by Crippen LogP contribution is 2.14. The summed E-state index contributed by atoms with van der Waals surface area (Å²) in [6, 6.07) is 0. The molecule has 3 N–H and O–H groups in total. The Kier molecular flexibility index (Phi) is 40.6. The van der Waals surface area contributed by atoms with Gasteiger partial charge >= 0.3 is 5.97 Å². The predicted molar refractivity (Wildman–Crippen MR) is 172 cm³/mol. The van der Waals surface area contributed by atoms with Gasteiger partial charge in [0.2, 0.25) is 0 Å². The monoisotopic (exact) mass is 590 g/mol. The van der Waals surface area contributed by atoms with Gasteiger partial charge in [0.25, 0.3) is 0 Å². The molecule has 0 saturated heterocycles. The van der Waals surface area contributed by atoms with E-state index in [2.05, 4.69) is 13.8 Å². The summed E-state index contributed by atoms with van der Waals surface area (Å²) in [5.41, 5.74) is 0. The van der Waals surface area contributed by atoms with Gasteiger partial charge < -0.3 is 15.3 Å². The first-order chi connectivity index (χ1) is 20.1. The quantitative estimate of drug-likeness (QED) is 0.0518. The van der Waals surface area contributed by atoms with E-state index in [0.29, 0.717) is 13.0 Å². The van der Waals surface area contributed by atoms with Gasteiger partial charge in [0.1, 0.15) is 0 Å². The Hall–Kier alpha value is -0.730. The molecule has 0 spiro atoms. The third-order valence-corrected chi connectivity index (χ3v) is 7.34. The number of aliphatic carboxylic acids is 1. The second-order valence-electron chi connectivity index (χ2n) is 11.4. The van der Waals surface area contributed by atoms with Crippen LogP contribution < -0.4 is 0 Å². The molecule has 0 aromatic rings. The standard InChI is InChI=1S/C18H39NO4.C16H32O2/c1-2-3-4-5-6-7-8-9-10-11-12-13-14-19(22-17-15-20)23-18-16-21;1-2-3-4-5-6-7-8-9-10-11-12-13-14-15-16(17)18/h20-21H,2-18H2,1H3;2-15H2,1H3,(H,17,18). The maximum Gasteiger partial charge on any atom is 0.303 e. The second kappa shape index (κ2) is 39.3. The smallest absolute Gasteiger partial charge is 0.303 e. The van der Waals surface area contributed by atoms with Gasteiger partial charge in [-0.15, -0.1) is 0 Å². The highest BCUT2D eigenvalue weighted by Gasteiger charge is 2.05. The number of hydrogen-bond acceptors (Lipinski definition) is 6. The van der Waals surface area contributed by atoms with Crippen molar-refractivity contribution in [3.63, 3.8) is 0 Å². The Balaban J connectivity index is 0. The van der Waals surface area contributed by atoms with E-state index < -0.39 is 5.97 Å². The average molecular weight is 590 g/mol. The predicted octanol–water partition coefficient (Wildman–Crippen LogP) is 9.39. The van der Waals surface area contributed by atoms with Crippen molar-refractivity contribution in [3.05, 3.63) is 0 Å². The van der Waals surface area contributed by atoms with E-state index in [1.807, 2.05) is 0 Å². The molecular weight excluding hydrogens is 518 g/mol. The molecule has 0 heterocycles. The second-order valence-corrected chi connectivity index (χ2v) is 11.4. The van der Waals surface area contributed by atoms with Gasteiger partial charge in [-0.2, -0.15) is 0 Å². The summed E-state index contributed by atoms with van der Waals surface area (Å²) in [6.07, 6.45) is 33.0. The summed E-state index contributed by atoms with van der Waals surface area (Å²) >= 11 is 0. The summed E-state index contributed by atoms with van der Waals surface area (Å²) in [4.78, 5) is 20.8. The van der Waals surface area contributed by atoms with Gasteiger partial charge in [0.05, 0.1) is 33.0 Å². The van der Waals surface area contributed by atoms with Crippen LogP contribution in [0.25, 0.3) is 0 Å². The molecular formula is C34H71NO6. The maximum absolute atomic E-state index is 10.3. The van der Waals surface area contributed by atoms with Gasteiger partial charge in [-0.1, -0.05) is 167 Å². The molecule has 0 saturated carbocycles. The highest BCUT2D eigenvalue weighted by molar-refractivity contribution is 5.66. The molecule has 7 nitrogen and oxygen atoms in total. The van der Waals surface area contributed by atoms with E-state index in [1.165, 1.54) is 140 Å². The van der Waals surface area contributed by atoms with E-state index in [9.17, 15) is 4.79 Å². The largest absolute Gasteiger partial charge is 0.481 e. The fourth-order valence-corrected chi connectivity index (χ4v) is 4.83. The maximum atomic E-state index is 10.3. The molecule has 0 aliphatic heterocycles. The van der Waals surface area contributed by atoms with E-state index in [1.54, 1.807) is 0 Å². The van der Waals surface area contributed by atoms with Gasteiger partial charge in [0.15, 0.2) is 0 Å². The lowest BCUT2D eigenvalue weighted by molar-refractivity contribution is -0.371. The van der Waals surface area contributed by atoms with Crippen molar-refractivity contribution in [2.75, 3.05) is 33.0 Å². The fourth-order valence-electron chi connectivity index (χ4n) is 4.83. The van der Waals surface area contributed by atoms with Gasteiger partial charge in [-0.05, 0) is 12.8 Å². The van der Waals surface area contributed by atoms with Crippen LogP contribution in [0.2, 0.25) is 0 Å². The normalized spacial score (nSPS) is 11.1. The summed E-state index contributed by atoms with van der Waals surface area (Å²) < 4.78 is 0. The van der Waals surface area contributed by atoms with E-state index in [0.717, 1.165) is 25.7 Å². The van der Waals surface area contributed by atoms with Crippen LogP contribution in [0.1, 0.15) is 181 Å². The van der Waals surface area contributed by atoms with Crippen LogP contribution in [0.3, 0.4) is 0 Å². The molecule has 0 amide bonds. The van der Waals surface area contributed by atoms with Crippen molar-refractivity contribution in [1.29, 1.82) is 0 Å². The van der Waals surface area contributed by atoms with Gasteiger partial charge in [0, 0.05) is 6.42 Å². The number of carboxylic acids is 1. The van der Waals surface area contributed by atoms with E-state index in [4.69, 9.17) is 25.0 Å². The minimum atomic E-state index is -0.655. The molecule has 0 radical (unpaired) electrons. The summed E-state index contributed by atoms with van der Waals surface area (Å²) in [5.74, 6) is -0.655. The molecule has 0 unspecified atom stereocenters. The summed E-state index contributed by atoms with van der Waals surface area (Å²) in [7, 11) is 0. The molecule has 0 aromatic carbocycles. The number of hydrogen-bond donors (Lipinski definition) is 3. The van der Waals surface area contributed by atoms with Crippen LogP contribution in [0.4, 0.5) is 0 Å². The summed E-state index contributed by atoms with van der Waals surface area (Å²) in [6.45, 7) is 5.59. The van der Waals surface area contributed by atoms with Gasteiger partial charge in [-0.25, -0.2) is 0 Å². The molecule has 41 heavy (non-hydrogen) atoms. The van der Waals surface area contributed by atoms with Crippen LogP contribution in [0.5, 0.6) is 0 Å². The van der Waals surface area contributed by atoms with Crippen molar-refractivity contribution in [1.82, 2.24) is 5.23 Å². The van der Waals surface area contributed by atoms with E-state index >= 15 is 0 Å². The van der Waals surface area contributed by atoms with Crippen LogP contribution in [-0.4, -0.2) is 59.5 Å².